The molecule has 0 aliphatic carbocycles. The Labute approximate surface area is 89.2 Å². The first-order chi connectivity index (χ1) is 7.05. The van der Waals surface area contributed by atoms with E-state index in [1.54, 1.807) is 6.92 Å². The molecule has 0 bridgehead atoms. The van der Waals surface area contributed by atoms with Crippen LogP contribution in [0.15, 0.2) is 23.1 Å². The van der Waals surface area contributed by atoms with Gasteiger partial charge < -0.3 is 5.73 Å². The minimum Gasteiger partial charge on any atom is -0.326 e. The number of hydrogen-bond acceptors (Lipinski definition) is 4. The van der Waals surface area contributed by atoms with Gasteiger partial charge in [0.2, 0.25) is 0 Å². The normalized spacial score (nSPS) is 11.0. The van der Waals surface area contributed by atoms with Crippen molar-refractivity contribution in [3.05, 3.63) is 29.3 Å². The van der Waals surface area contributed by atoms with Gasteiger partial charge in [-0.3, -0.25) is 0 Å². The zero-order valence-corrected chi connectivity index (χ0v) is 9.21. The maximum absolute atomic E-state index is 11.6. The molecule has 1 aromatic carbocycles. The Kier molecular flexibility index (Phi) is 3.45. The Morgan fingerprint density at radius 1 is 1.47 bits per heavy atom. The number of rotatable bonds is 3. The molecule has 0 spiro atoms. The summed E-state index contributed by atoms with van der Waals surface area (Å²) in [6.45, 7) is 1.69. The summed E-state index contributed by atoms with van der Waals surface area (Å²) in [6, 6.07) is 6.40. The molecular weight excluding hydrogens is 212 g/mol. The number of nitriles is 1. The molecule has 0 radical (unpaired) electrons. The van der Waals surface area contributed by atoms with E-state index >= 15 is 0 Å². The second kappa shape index (κ2) is 4.43. The van der Waals surface area contributed by atoms with Crippen molar-refractivity contribution in [3.63, 3.8) is 0 Å². The minimum absolute atomic E-state index is 0.0336. The molecule has 0 unspecified atom stereocenters. The summed E-state index contributed by atoms with van der Waals surface area (Å²) in [6.07, 6.45) is 0. The summed E-state index contributed by atoms with van der Waals surface area (Å²) in [4.78, 5) is 0.228. The Bertz CT molecular complexity index is 501. The van der Waals surface area contributed by atoms with Crippen LogP contribution in [-0.4, -0.2) is 14.2 Å². The molecule has 0 fully saturated rings. The first kappa shape index (κ1) is 11.7. The number of sulfone groups is 1. The summed E-state index contributed by atoms with van der Waals surface area (Å²) in [5, 5.41) is 8.67. The zero-order chi connectivity index (χ0) is 11.5. The summed E-state index contributed by atoms with van der Waals surface area (Å²) >= 11 is 0. The van der Waals surface area contributed by atoms with Crippen LogP contribution in [0, 0.1) is 11.3 Å². The van der Waals surface area contributed by atoms with E-state index in [4.69, 9.17) is 11.0 Å². The molecule has 0 atom stereocenters. The molecule has 1 rings (SSSR count). The molecule has 0 aromatic heterocycles. The van der Waals surface area contributed by atoms with Crippen molar-refractivity contribution in [2.45, 2.75) is 18.4 Å². The predicted octanol–water partition coefficient (Wildman–Crippen LogP) is 0.811. The van der Waals surface area contributed by atoms with E-state index in [9.17, 15) is 8.42 Å². The van der Waals surface area contributed by atoms with Gasteiger partial charge in [0.05, 0.1) is 22.3 Å². The van der Waals surface area contributed by atoms with Gasteiger partial charge >= 0.3 is 0 Å². The highest BCUT2D eigenvalue weighted by Crippen LogP contribution is 2.18. The van der Waals surface area contributed by atoms with Crippen molar-refractivity contribution < 1.29 is 8.42 Å². The van der Waals surface area contributed by atoms with E-state index in [2.05, 4.69) is 0 Å². The van der Waals surface area contributed by atoms with E-state index in [1.807, 2.05) is 6.07 Å². The largest absolute Gasteiger partial charge is 0.326 e. The molecule has 5 heteroatoms. The molecule has 4 nitrogen and oxygen atoms in total. The third-order valence-electron chi connectivity index (χ3n) is 2.12. The third kappa shape index (κ3) is 2.35. The van der Waals surface area contributed by atoms with Gasteiger partial charge in [0.25, 0.3) is 0 Å². The average Bonchev–Trinajstić information content (AvgIpc) is 2.28. The summed E-state index contributed by atoms with van der Waals surface area (Å²) in [5.41, 5.74) is 6.37. The molecular formula is C10H12N2O2S. The number of benzene rings is 1. The summed E-state index contributed by atoms with van der Waals surface area (Å²) in [7, 11) is -3.26. The van der Waals surface area contributed by atoms with Crippen LogP contribution in [0.4, 0.5) is 0 Å². The molecule has 0 amide bonds. The van der Waals surface area contributed by atoms with Crippen molar-refractivity contribution in [1.29, 1.82) is 5.26 Å². The quantitative estimate of drug-likeness (QED) is 0.823. The Hall–Kier alpha value is -1.38. The molecule has 1 aromatic rings. The lowest BCUT2D eigenvalue weighted by atomic mass is 10.1. The van der Waals surface area contributed by atoms with Crippen molar-refractivity contribution in [3.8, 4) is 6.07 Å². The summed E-state index contributed by atoms with van der Waals surface area (Å²) in [5.74, 6) is 0.0336. The van der Waals surface area contributed by atoms with Gasteiger partial charge in [0.1, 0.15) is 0 Å². The fourth-order valence-corrected chi connectivity index (χ4v) is 2.40. The molecule has 0 saturated carbocycles. The zero-order valence-electron chi connectivity index (χ0n) is 8.40. The average molecular weight is 224 g/mol. The number of nitrogens with two attached hydrogens (primary N) is 1. The third-order valence-corrected chi connectivity index (χ3v) is 3.95. The van der Waals surface area contributed by atoms with Crippen LogP contribution < -0.4 is 5.73 Å². The van der Waals surface area contributed by atoms with Gasteiger partial charge in [-0.05, 0) is 23.8 Å². The minimum atomic E-state index is -3.26. The SMILES string of the molecule is CCS(=O)(=O)c1ccc(C#N)cc1CN. The maximum atomic E-state index is 11.6. The Morgan fingerprint density at radius 3 is 2.60 bits per heavy atom. The van der Waals surface area contributed by atoms with E-state index < -0.39 is 9.84 Å². The number of nitrogens with zero attached hydrogens (tertiary/aromatic N) is 1. The van der Waals surface area contributed by atoms with Crippen molar-refractivity contribution >= 4 is 9.84 Å². The molecule has 0 aliphatic heterocycles. The Morgan fingerprint density at radius 2 is 2.13 bits per heavy atom. The first-order valence-corrected chi connectivity index (χ1v) is 6.16. The standard InChI is InChI=1S/C10H12N2O2S/c1-2-15(13,14)10-4-3-8(6-11)5-9(10)7-12/h3-5H,2,7,12H2,1H3. The van der Waals surface area contributed by atoms with Gasteiger partial charge in [0, 0.05) is 6.54 Å². The highest BCUT2D eigenvalue weighted by molar-refractivity contribution is 7.91. The first-order valence-electron chi connectivity index (χ1n) is 4.51. The van der Waals surface area contributed by atoms with E-state index in [0.29, 0.717) is 11.1 Å². The highest BCUT2D eigenvalue weighted by atomic mass is 32.2. The van der Waals surface area contributed by atoms with E-state index in [1.165, 1.54) is 18.2 Å². The van der Waals surface area contributed by atoms with Crippen LogP contribution >= 0.6 is 0 Å². The fourth-order valence-electron chi connectivity index (χ4n) is 1.27. The molecule has 80 valence electrons. The Balaban J connectivity index is 3.40. The highest BCUT2D eigenvalue weighted by Gasteiger charge is 2.15. The van der Waals surface area contributed by atoms with Crippen molar-refractivity contribution in [1.82, 2.24) is 0 Å². The monoisotopic (exact) mass is 224 g/mol. The lowest BCUT2D eigenvalue weighted by molar-refractivity contribution is 0.596. The summed E-state index contributed by atoms with van der Waals surface area (Å²) < 4.78 is 23.3. The van der Waals surface area contributed by atoms with E-state index in [-0.39, 0.29) is 17.2 Å². The van der Waals surface area contributed by atoms with Crippen LogP contribution in [0.3, 0.4) is 0 Å². The smallest absolute Gasteiger partial charge is 0.178 e. The van der Waals surface area contributed by atoms with Gasteiger partial charge in [-0.15, -0.1) is 0 Å². The second-order valence-electron chi connectivity index (χ2n) is 3.04. The lowest BCUT2D eigenvalue weighted by Gasteiger charge is -2.07. The molecule has 0 saturated heterocycles. The predicted molar refractivity (Wildman–Crippen MR) is 56.8 cm³/mol. The second-order valence-corrected chi connectivity index (χ2v) is 5.29. The molecule has 15 heavy (non-hydrogen) atoms. The van der Waals surface area contributed by atoms with Crippen LogP contribution in [0.25, 0.3) is 0 Å². The van der Waals surface area contributed by atoms with Gasteiger partial charge in [-0.1, -0.05) is 6.92 Å². The van der Waals surface area contributed by atoms with Gasteiger partial charge in [-0.25, -0.2) is 8.42 Å². The van der Waals surface area contributed by atoms with Crippen molar-refractivity contribution in [2.75, 3.05) is 5.75 Å². The van der Waals surface area contributed by atoms with Crippen LogP contribution in [0.5, 0.6) is 0 Å². The van der Waals surface area contributed by atoms with E-state index in [0.717, 1.165) is 0 Å². The maximum Gasteiger partial charge on any atom is 0.178 e. The fraction of sp³-hybridized carbons (Fsp3) is 0.300. The van der Waals surface area contributed by atoms with Crippen LogP contribution in [0.2, 0.25) is 0 Å². The van der Waals surface area contributed by atoms with Crippen LogP contribution in [-0.2, 0) is 16.4 Å². The lowest BCUT2D eigenvalue weighted by Crippen LogP contribution is -2.10. The van der Waals surface area contributed by atoms with Crippen LogP contribution in [0.1, 0.15) is 18.1 Å². The van der Waals surface area contributed by atoms with Gasteiger partial charge in [-0.2, -0.15) is 5.26 Å². The topological polar surface area (TPSA) is 84.0 Å². The van der Waals surface area contributed by atoms with Gasteiger partial charge in [0.15, 0.2) is 9.84 Å². The molecule has 0 heterocycles. The molecule has 0 aliphatic rings. The number of hydrogen-bond donors (Lipinski definition) is 1. The van der Waals surface area contributed by atoms with Crippen molar-refractivity contribution in [2.24, 2.45) is 5.73 Å². The molecule has 2 N–H and O–H groups in total.